The fraction of sp³-hybridized carbons (Fsp3) is 0.581. The number of aromatic nitrogens is 1. The highest BCUT2D eigenvalue weighted by atomic mass is 32.1. The fourth-order valence-corrected chi connectivity index (χ4v) is 6.72. The second kappa shape index (κ2) is 11.8. The minimum Gasteiger partial charge on any atom is -0.469 e. The summed E-state index contributed by atoms with van der Waals surface area (Å²) in [6.45, 7) is 12.8. The molecule has 1 aromatic heterocycles. The number of rotatable bonds is 8. The number of amides is 1. The largest absolute Gasteiger partial charge is 0.469 e. The second-order valence-corrected chi connectivity index (χ2v) is 13.2. The molecule has 1 aromatic carbocycles. The van der Waals surface area contributed by atoms with Crippen LogP contribution in [0.15, 0.2) is 35.4 Å². The number of carbonyl (C=O) groups is 2. The SMILES string of the molecule is COC(=O)CC/C=C(/C)N(N)CC(=O)N1CCC(c2nc(-c3ccc4c(c3)C(C)(C)CCC4(C)C)cs2)CC1. The third-order valence-corrected chi connectivity index (χ3v) is 9.65. The maximum atomic E-state index is 12.9. The van der Waals surface area contributed by atoms with Crippen molar-refractivity contribution in [1.29, 1.82) is 0 Å². The van der Waals surface area contributed by atoms with Crippen molar-refractivity contribution in [2.75, 3.05) is 26.7 Å². The molecule has 212 valence electrons. The molecule has 0 bridgehead atoms. The molecule has 1 aliphatic heterocycles. The highest BCUT2D eigenvalue weighted by Crippen LogP contribution is 2.47. The molecule has 0 radical (unpaired) electrons. The van der Waals surface area contributed by atoms with E-state index in [1.54, 1.807) is 11.3 Å². The number of benzene rings is 1. The lowest BCUT2D eigenvalue weighted by Crippen LogP contribution is -2.45. The number of allylic oxidation sites excluding steroid dienone is 2. The number of nitrogens with zero attached hydrogens (tertiary/aromatic N) is 3. The van der Waals surface area contributed by atoms with Crippen molar-refractivity contribution < 1.29 is 14.3 Å². The van der Waals surface area contributed by atoms with Crippen LogP contribution in [-0.2, 0) is 25.2 Å². The number of hydrazine groups is 1. The molecule has 0 spiro atoms. The molecule has 0 saturated carbocycles. The van der Waals surface area contributed by atoms with Crippen molar-refractivity contribution in [3.63, 3.8) is 0 Å². The molecule has 4 rings (SSSR count). The molecular weight excluding hydrogens is 508 g/mol. The highest BCUT2D eigenvalue weighted by molar-refractivity contribution is 7.10. The number of carbonyl (C=O) groups excluding carboxylic acids is 2. The van der Waals surface area contributed by atoms with Gasteiger partial charge in [-0.1, -0.05) is 45.9 Å². The first-order valence-corrected chi connectivity index (χ1v) is 14.9. The van der Waals surface area contributed by atoms with Gasteiger partial charge in [0.2, 0.25) is 5.91 Å². The maximum Gasteiger partial charge on any atom is 0.305 e. The van der Waals surface area contributed by atoms with E-state index in [1.165, 1.54) is 46.7 Å². The van der Waals surface area contributed by atoms with Crippen LogP contribution < -0.4 is 5.84 Å². The van der Waals surface area contributed by atoms with Crippen molar-refractivity contribution in [3.05, 3.63) is 51.5 Å². The normalized spacial score (nSPS) is 18.9. The molecule has 0 unspecified atom stereocenters. The zero-order valence-corrected chi connectivity index (χ0v) is 25.2. The minimum atomic E-state index is -0.260. The van der Waals surface area contributed by atoms with E-state index in [9.17, 15) is 9.59 Å². The molecule has 1 aliphatic carbocycles. The summed E-state index contributed by atoms with van der Waals surface area (Å²) in [5.41, 5.74) is 6.35. The Morgan fingerprint density at radius 2 is 1.82 bits per heavy atom. The molecule has 2 aromatic rings. The van der Waals surface area contributed by atoms with E-state index < -0.39 is 0 Å². The molecule has 1 amide bonds. The first kappa shape index (κ1) is 29.3. The van der Waals surface area contributed by atoms with E-state index in [4.69, 9.17) is 10.8 Å². The molecule has 1 fully saturated rings. The van der Waals surface area contributed by atoms with Gasteiger partial charge in [0.05, 0.1) is 17.8 Å². The van der Waals surface area contributed by atoms with Crippen molar-refractivity contribution in [3.8, 4) is 11.3 Å². The summed E-state index contributed by atoms with van der Waals surface area (Å²) in [5.74, 6) is 6.25. The van der Waals surface area contributed by atoms with Gasteiger partial charge in [-0.05, 0) is 67.1 Å². The lowest BCUT2D eigenvalue weighted by molar-refractivity contribution is -0.140. The predicted molar refractivity (Wildman–Crippen MR) is 157 cm³/mol. The molecule has 8 heteroatoms. The van der Waals surface area contributed by atoms with Gasteiger partial charge in [-0.3, -0.25) is 9.59 Å². The van der Waals surface area contributed by atoms with Gasteiger partial charge < -0.3 is 14.6 Å². The Hall–Kier alpha value is -2.71. The van der Waals surface area contributed by atoms with Gasteiger partial charge in [0.25, 0.3) is 0 Å². The van der Waals surface area contributed by atoms with Crippen LogP contribution >= 0.6 is 11.3 Å². The quantitative estimate of drug-likeness (QED) is 0.249. The summed E-state index contributed by atoms with van der Waals surface area (Å²) in [5, 5.41) is 4.82. The number of hydrogen-bond acceptors (Lipinski definition) is 7. The van der Waals surface area contributed by atoms with Gasteiger partial charge in [0.1, 0.15) is 6.54 Å². The van der Waals surface area contributed by atoms with E-state index in [2.05, 4.69) is 56.0 Å². The zero-order chi connectivity index (χ0) is 28.4. The van der Waals surface area contributed by atoms with Crippen LogP contribution in [0, 0.1) is 0 Å². The standard InChI is InChI=1S/C31H44N4O3S/c1-21(8-7-9-28(37)38-6)35(32)19-27(36)34-16-12-22(13-17-34)29-33-26(20-39-29)23-10-11-24-25(18-23)31(4,5)15-14-30(24,2)3/h8,10-11,18,20,22H,7,9,12-17,19,32H2,1-6H3/b21-8-. The summed E-state index contributed by atoms with van der Waals surface area (Å²) >= 11 is 1.74. The van der Waals surface area contributed by atoms with E-state index in [0.717, 1.165) is 24.2 Å². The summed E-state index contributed by atoms with van der Waals surface area (Å²) in [6, 6.07) is 6.94. The maximum absolute atomic E-state index is 12.9. The number of ether oxygens (including phenoxy) is 1. The molecule has 2 aliphatic rings. The van der Waals surface area contributed by atoms with Crippen LogP contribution in [0.5, 0.6) is 0 Å². The van der Waals surface area contributed by atoms with Crippen LogP contribution in [0.2, 0.25) is 0 Å². The van der Waals surface area contributed by atoms with Crippen molar-refractivity contribution >= 4 is 23.2 Å². The van der Waals surface area contributed by atoms with Crippen molar-refractivity contribution in [1.82, 2.24) is 14.9 Å². The number of fused-ring (bicyclic) bond motifs is 1. The van der Waals surface area contributed by atoms with Crippen LogP contribution in [0.1, 0.15) is 95.2 Å². The summed E-state index contributed by atoms with van der Waals surface area (Å²) in [6.07, 6.45) is 6.91. The molecule has 1 saturated heterocycles. The van der Waals surface area contributed by atoms with Crippen LogP contribution in [-0.4, -0.2) is 53.5 Å². The third-order valence-electron chi connectivity index (χ3n) is 8.64. The first-order valence-electron chi connectivity index (χ1n) is 14.1. The number of likely N-dealkylation sites (tertiary alicyclic amines) is 1. The smallest absolute Gasteiger partial charge is 0.305 e. The average Bonchev–Trinajstić information content (AvgIpc) is 3.41. The Morgan fingerprint density at radius 3 is 2.49 bits per heavy atom. The van der Waals surface area contributed by atoms with Gasteiger partial charge in [-0.15, -0.1) is 11.3 Å². The fourth-order valence-electron chi connectivity index (χ4n) is 5.72. The molecule has 2 N–H and O–H groups in total. The van der Waals surface area contributed by atoms with E-state index in [-0.39, 0.29) is 29.3 Å². The molecule has 2 heterocycles. The van der Waals surface area contributed by atoms with E-state index >= 15 is 0 Å². The third kappa shape index (κ3) is 6.72. The summed E-state index contributed by atoms with van der Waals surface area (Å²) in [7, 11) is 1.37. The Kier molecular flexibility index (Phi) is 8.86. The number of methoxy groups -OCH3 is 1. The van der Waals surface area contributed by atoms with Crippen LogP contribution in [0.25, 0.3) is 11.3 Å². The monoisotopic (exact) mass is 552 g/mol. The van der Waals surface area contributed by atoms with Gasteiger partial charge in [-0.25, -0.2) is 10.8 Å². The lowest BCUT2D eigenvalue weighted by Gasteiger charge is -2.42. The van der Waals surface area contributed by atoms with Crippen LogP contribution in [0.3, 0.4) is 0 Å². The topological polar surface area (TPSA) is 88.8 Å². The highest BCUT2D eigenvalue weighted by Gasteiger charge is 2.37. The van der Waals surface area contributed by atoms with E-state index in [0.29, 0.717) is 31.8 Å². The lowest BCUT2D eigenvalue weighted by atomic mass is 9.63. The molecular formula is C31H44N4O3S. The van der Waals surface area contributed by atoms with Crippen molar-refractivity contribution in [2.45, 2.75) is 89.9 Å². The van der Waals surface area contributed by atoms with Crippen LogP contribution in [0.4, 0.5) is 0 Å². The Balaban J connectivity index is 1.34. The Morgan fingerprint density at radius 1 is 1.15 bits per heavy atom. The van der Waals surface area contributed by atoms with Gasteiger partial charge in [0.15, 0.2) is 0 Å². The number of thiazole rings is 1. The van der Waals surface area contributed by atoms with E-state index in [1.807, 2.05) is 17.9 Å². The number of esters is 1. The van der Waals surface area contributed by atoms with Gasteiger partial charge in [-0.2, -0.15) is 0 Å². The van der Waals surface area contributed by atoms with Crippen molar-refractivity contribution in [2.24, 2.45) is 5.84 Å². The summed E-state index contributed by atoms with van der Waals surface area (Å²) in [4.78, 5) is 31.1. The average molecular weight is 553 g/mol. The Bertz CT molecular complexity index is 1220. The second-order valence-electron chi connectivity index (χ2n) is 12.3. The summed E-state index contributed by atoms with van der Waals surface area (Å²) < 4.78 is 4.66. The number of hydrogen-bond donors (Lipinski definition) is 1. The van der Waals surface area contributed by atoms with Gasteiger partial charge in [0, 0.05) is 42.1 Å². The number of nitrogens with two attached hydrogens (primary N) is 1. The minimum absolute atomic E-state index is 0.0242. The molecule has 39 heavy (non-hydrogen) atoms. The first-order chi connectivity index (χ1) is 18.4. The Labute approximate surface area is 237 Å². The predicted octanol–water partition coefficient (Wildman–Crippen LogP) is 5.90. The number of piperidine rings is 1. The molecule has 0 atom stereocenters. The molecule has 7 nitrogen and oxygen atoms in total. The van der Waals surface area contributed by atoms with Gasteiger partial charge >= 0.3 is 5.97 Å². The zero-order valence-electron chi connectivity index (χ0n) is 24.4.